The second-order valence-electron chi connectivity index (χ2n) is 3.40. The lowest BCUT2D eigenvalue weighted by Gasteiger charge is -2.06. The molecule has 0 aliphatic heterocycles. The maximum Gasteiger partial charge on any atom is 0.251 e. The van der Waals surface area contributed by atoms with Crippen LogP contribution < -0.4 is 10.9 Å². The van der Waals surface area contributed by atoms with Gasteiger partial charge in [0.25, 0.3) is 5.56 Å². The molecule has 0 saturated carbocycles. The van der Waals surface area contributed by atoms with Crippen molar-refractivity contribution in [3.8, 4) is 0 Å². The van der Waals surface area contributed by atoms with Gasteiger partial charge in [-0.15, -0.1) is 0 Å². The molecule has 1 amide bonds. The standard InChI is InChI=1S/C10H15N3O2S/c1-2-5-11-8(14)3-6-13-7-4-9(15)12-10(13)16/h4,7H,2-3,5-6H2,1H3,(H,11,14)(H,12,15,16). The van der Waals surface area contributed by atoms with Crippen molar-refractivity contribution in [3.05, 3.63) is 27.4 Å². The highest BCUT2D eigenvalue weighted by molar-refractivity contribution is 7.71. The lowest BCUT2D eigenvalue weighted by atomic mass is 10.3. The van der Waals surface area contributed by atoms with Gasteiger partial charge >= 0.3 is 0 Å². The zero-order valence-electron chi connectivity index (χ0n) is 9.16. The van der Waals surface area contributed by atoms with Gasteiger partial charge in [-0.25, -0.2) is 0 Å². The fraction of sp³-hybridized carbons (Fsp3) is 0.500. The van der Waals surface area contributed by atoms with Crippen LogP contribution in [0.25, 0.3) is 0 Å². The monoisotopic (exact) mass is 241 g/mol. The van der Waals surface area contributed by atoms with Gasteiger partial charge in [-0.05, 0) is 18.6 Å². The summed E-state index contributed by atoms with van der Waals surface area (Å²) in [5.74, 6) is -0.00468. The van der Waals surface area contributed by atoms with E-state index in [1.54, 1.807) is 10.8 Å². The van der Waals surface area contributed by atoms with Gasteiger partial charge in [-0.1, -0.05) is 6.92 Å². The Bertz CT molecular complexity index is 464. The van der Waals surface area contributed by atoms with Gasteiger partial charge in [0.1, 0.15) is 0 Å². The van der Waals surface area contributed by atoms with E-state index in [4.69, 9.17) is 12.2 Å². The second kappa shape index (κ2) is 6.22. The van der Waals surface area contributed by atoms with E-state index in [0.717, 1.165) is 6.42 Å². The van der Waals surface area contributed by atoms with Crippen molar-refractivity contribution in [3.63, 3.8) is 0 Å². The Hall–Kier alpha value is -1.43. The third-order valence-electron chi connectivity index (χ3n) is 2.05. The smallest absolute Gasteiger partial charge is 0.251 e. The van der Waals surface area contributed by atoms with Crippen LogP contribution in [0.5, 0.6) is 0 Å². The Kier molecular flexibility index (Phi) is 4.91. The number of nitrogens with one attached hydrogen (secondary N) is 2. The fourth-order valence-electron chi connectivity index (χ4n) is 1.20. The van der Waals surface area contributed by atoms with Crippen LogP contribution >= 0.6 is 12.2 Å². The molecule has 1 rings (SSSR count). The Labute approximate surface area is 98.5 Å². The minimum Gasteiger partial charge on any atom is -0.356 e. The Balaban J connectivity index is 2.52. The number of H-pyrrole nitrogens is 1. The summed E-state index contributed by atoms with van der Waals surface area (Å²) in [7, 11) is 0. The molecule has 0 aliphatic carbocycles. The maximum absolute atomic E-state index is 11.3. The molecule has 0 spiro atoms. The lowest BCUT2D eigenvalue weighted by Crippen LogP contribution is -2.25. The summed E-state index contributed by atoms with van der Waals surface area (Å²) in [6.45, 7) is 3.17. The van der Waals surface area contributed by atoms with Crippen LogP contribution in [0, 0.1) is 4.77 Å². The fourth-order valence-corrected chi connectivity index (χ4v) is 1.45. The molecule has 0 aliphatic rings. The largest absolute Gasteiger partial charge is 0.356 e. The molecule has 16 heavy (non-hydrogen) atoms. The molecule has 0 fully saturated rings. The average Bonchev–Trinajstić information content (AvgIpc) is 2.25. The molecule has 88 valence electrons. The average molecular weight is 241 g/mol. The topological polar surface area (TPSA) is 66.9 Å². The summed E-state index contributed by atoms with van der Waals surface area (Å²) in [4.78, 5) is 24.7. The molecule has 0 aromatic carbocycles. The molecule has 1 aromatic heterocycles. The Morgan fingerprint density at radius 2 is 2.38 bits per heavy atom. The van der Waals surface area contributed by atoms with Crippen molar-refractivity contribution < 1.29 is 4.79 Å². The van der Waals surface area contributed by atoms with Crippen molar-refractivity contribution >= 4 is 18.1 Å². The predicted molar refractivity (Wildman–Crippen MR) is 63.8 cm³/mol. The van der Waals surface area contributed by atoms with Crippen LogP contribution in [0.15, 0.2) is 17.1 Å². The van der Waals surface area contributed by atoms with E-state index in [0.29, 0.717) is 24.3 Å². The molecule has 1 heterocycles. The summed E-state index contributed by atoms with van der Waals surface area (Å²) in [6, 6.07) is 1.39. The van der Waals surface area contributed by atoms with Gasteiger partial charge in [-0.2, -0.15) is 0 Å². The highest BCUT2D eigenvalue weighted by Crippen LogP contribution is 1.91. The van der Waals surface area contributed by atoms with E-state index in [1.165, 1.54) is 6.07 Å². The SMILES string of the molecule is CCCNC(=O)CCn1ccc(=O)[nH]c1=S. The van der Waals surface area contributed by atoms with E-state index >= 15 is 0 Å². The maximum atomic E-state index is 11.3. The minimum atomic E-state index is -0.225. The lowest BCUT2D eigenvalue weighted by molar-refractivity contribution is -0.121. The summed E-state index contributed by atoms with van der Waals surface area (Å²) < 4.78 is 2.01. The van der Waals surface area contributed by atoms with Crippen LogP contribution in [-0.2, 0) is 11.3 Å². The number of hydrogen-bond acceptors (Lipinski definition) is 3. The Morgan fingerprint density at radius 1 is 1.62 bits per heavy atom. The van der Waals surface area contributed by atoms with E-state index in [9.17, 15) is 9.59 Å². The minimum absolute atomic E-state index is 0.00468. The molecule has 0 saturated heterocycles. The number of hydrogen-bond donors (Lipinski definition) is 2. The molecular formula is C10H15N3O2S. The summed E-state index contributed by atoms with van der Waals surface area (Å²) >= 11 is 4.95. The highest BCUT2D eigenvalue weighted by atomic mass is 32.1. The molecule has 0 radical (unpaired) electrons. The van der Waals surface area contributed by atoms with Crippen LogP contribution in [-0.4, -0.2) is 22.0 Å². The highest BCUT2D eigenvalue weighted by Gasteiger charge is 2.00. The molecule has 0 bridgehead atoms. The van der Waals surface area contributed by atoms with Crippen molar-refractivity contribution in [2.75, 3.05) is 6.54 Å². The van der Waals surface area contributed by atoms with Gasteiger partial charge < -0.3 is 9.88 Å². The van der Waals surface area contributed by atoms with Gasteiger partial charge in [0.05, 0.1) is 0 Å². The normalized spacial score (nSPS) is 10.1. The zero-order valence-corrected chi connectivity index (χ0v) is 9.97. The van der Waals surface area contributed by atoms with Crippen LogP contribution in [0.3, 0.4) is 0 Å². The summed E-state index contributed by atoms with van der Waals surface area (Å²) in [6.07, 6.45) is 2.87. The van der Waals surface area contributed by atoms with Gasteiger partial charge in [0.15, 0.2) is 4.77 Å². The van der Waals surface area contributed by atoms with E-state index in [2.05, 4.69) is 10.3 Å². The zero-order chi connectivity index (χ0) is 12.0. The molecular weight excluding hydrogens is 226 g/mol. The first-order chi connectivity index (χ1) is 7.63. The Morgan fingerprint density at radius 3 is 3.00 bits per heavy atom. The van der Waals surface area contributed by atoms with E-state index in [1.807, 2.05) is 6.92 Å². The van der Waals surface area contributed by atoms with Crippen LogP contribution in [0.1, 0.15) is 19.8 Å². The van der Waals surface area contributed by atoms with Crippen molar-refractivity contribution in [2.24, 2.45) is 0 Å². The number of aryl methyl sites for hydroxylation is 1. The summed E-state index contributed by atoms with van der Waals surface area (Å²) in [5, 5.41) is 2.78. The quantitative estimate of drug-likeness (QED) is 0.750. The molecule has 5 nitrogen and oxygen atoms in total. The first-order valence-electron chi connectivity index (χ1n) is 5.20. The number of carbonyl (C=O) groups excluding carboxylic acids is 1. The summed E-state index contributed by atoms with van der Waals surface area (Å²) in [5.41, 5.74) is -0.225. The second-order valence-corrected chi connectivity index (χ2v) is 3.79. The third-order valence-corrected chi connectivity index (χ3v) is 2.39. The number of rotatable bonds is 5. The van der Waals surface area contributed by atoms with Crippen LogP contribution in [0.2, 0.25) is 0 Å². The van der Waals surface area contributed by atoms with Crippen LogP contribution in [0.4, 0.5) is 0 Å². The van der Waals surface area contributed by atoms with Crippen molar-refractivity contribution in [1.29, 1.82) is 0 Å². The van der Waals surface area contributed by atoms with Gasteiger partial charge in [-0.3, -0.25) is 14.6 Å². The van der Waals surface area contributed by atoms with Gasteiger partial charge in [0, 0.05) is 31.8 Å². The first kappa shape index (κ1) is 12.6. The molecule has 0 atom stereocenters. The van der Waals surface area contributed by atoms with Crippen molar-refractivity contribution in [2.45, 2.75) is 26.3 Å². The number of nitrogens with zero attached hydrogens (tertiary/aromatic N) is 1. The predicted octanol–water partition coefficient (Wildman–Crippen LogP) is 0.822. The first-order valence-corrected chi connectivity index (χ1v) is 5.60. The number of aromatic amines is 1. The molecule has 6 heteroatoms. The van der Waals surface area contributed by atoms with E-state index in [-0.39, 0.29) is 11.5 Å². The molecule has 1 aromatic rings. The molecule has 0 unspecified atom stereocenters. The van der Waals surface area contributed by atoms with Crippen molar-refractivity contribution in [1.82, 2.24) is 14.9 Å². The number of aromatic nitrogens is 2. The molecule has 2 N–H and O–H groups in total. The third kappa shape index (κ3) is 3.98. The van der Waals surface area contributed by atoms with E-state index < -0.39 is 0 Å². The number of amides is 1. The number of carbonyl (C=O) groups is 1. The van der Waals surface area contributed by atoms with Gasteiger partial charge in [0.2, 0.25) is 5.91 Å².